The van der Waals surface area contributed by atoms with Gasteiger partial charge >= 0.3 is 0 Å². The van der Waals surface area contributed by atoms with Gasteiger partial charge in [0.15, 0.2) is 0 Å². The minimum Gasteiger partial charge on any atom is -0.353 e. The van der Waals surface area contributed by atoms with Crippen LogP contribution in [0, 0.1) is 0 Å². The molecule has 1 atom stereocenters. The van der Waals surface area contributed by atoms with Gasteiger partial charge in [-0.2, -0.15) is 5.10 Å². The van der Waals surface area contributed by atoms with E-state index < -0.39 is 0 Å². The molecule has 1 saturated heterocycles. The van der Waals surface area contributed by atoms with E-state index in [4.69, 9.17) is 0 Å². The number of amides is 1. The van der Waals surface area contributed by atoms with Crippen LogP contribution in [-0.2, 0) is 4.79 Å². The minimum atomic E-state index is -0.288. The van der Waals surface area contributed by atoms with Gasteiger partial charge < -0.3 is 9.80 Å². The lowest BCUT2D eigenvalue weighted by Gasteiger charge is -2.36. The first-order chi connectivity index (χ1) is 12.7. The zero-order valence-electron chi connectivity index (χ0n) is 14.5. The first kappa shape index (κ1) is 16.2. The fraction of sp³-hybridized carbons (Fsp3) is 0.353. The average Bonchev–Trinajstić information content (AvgIpc) is 3.41. The third-order valence-corrected chi connectivity index (χ3v) is 4.60. The predicted octanol–water partition coefficient (Wildman–Crippen LogP) is 0.769. The highest BCUT2D eigenvalue weighted by Crippen LogP contribution is 2.17. The fourth-order valence-corrected chi connectivity index (χ4v) is 3.09. The summed E-state index contributed by atoms with van der Waals surface area (Å²) in [6.45, 7) is 4.67. The summed E-state index contributed by atoms with van der Waals surface area (Å²) >= 11 is 0. The van der Waals surface area contributed by atoms with E-state index in [9.17, 15) is 4.79 Å². The van der Waals surface area contributed by atoms with E-state index >= 15 is 0 Å². The zero-order chi connectivity index (χ0) is 17.9. The summed E-state index contributed by atoms with van der Waals surface area (Å²) in [5.74, 6) is 1.73. The number of piperazine rings is 1. The molecule has 3 aromatic heterocycles. The highest BCUT2D eigenvalue weighted by molar-refractivity contribution is 5.80. The van der Waals surface area contributed by atoms with E-state index in [2.05, 4.69) is 25.0 Å². The average molecular weight is 352 g/mol. The smallest absolute Gasteiger partial charge is 0.247 e. The number of hydrogen-bond acceptors (Lipinski definition) is 6. The lowest BCUT2D eigenvalue weighted by molar-refractivity contribution is -0.134. The summed E-state index contributed by atoms with van der Waals surface area (Å²) in [4.78, 5) is 29.4. The third kappa shape index (κ3) is 3.15. The number of hydrogen-bond donors (Lipinski definition) is 0. The number of carbonyl (C=O) groups is 1. The molecule has 0 aromatic carbocycles. The highest BCUT2D eigenvalue weighted by atomic mass is 16.2. The molecule has 1 aliphatic rings. The van der Waals surface area contributed by atoms with Crippen molar-refractivity contribution in [1.82, 2.24) is 34.2 Å². The van der Waals surface area contributed by atoms with Gasteiger partial charge in [-0.3, -0.25) is 14.0 Å². The Labute approximate surface area is 150 Å². The van der Waals surface area contributed by atoms with Crippen LogP contribution in [0.4, 0.5) is 5.82 Å². The Morgan fingerprint density at radius 3 is 2.58 bits per heavy atom. The van der Waals surface area contributed by atoms with Crippen molar-refractivity contribution in [2.24, 2.45) is 0 Å². The van der Waals surface area contributed by atoms with Gasteiger partial charge in [0.1, 0.15) is 30.3 Å². The highest BCUT2D eigenvalue weighted by Gasteiger charge is 2.26. The molecular formula is C17H20N8O. The molecule has 1 aliphatic heterocycles. The Bertz CT molecular complexity index is 853. The zero-order valence-corrected chi connectivity index (χ0v) is 14.5. The molecule has 0 radical (unpaired) electrons. The van der Waals surface area contributed by atoms with E-state index in [0.29, 0.717) is 13.1 Å². The maximum Gasteiger partial charge on any atom is 0.247 e. The predicted molar refractivity (Wildman–Crippen MR) is 94.9 cm³/mol. The Balaban J connectivity index is 1.41. The molecule has 1 amide bonds. The normalized spacial score (nSPS) is 15.9. The van der Waals surface area contributed by atoms with Gasteiger partial charge in [0.05, 0.1) is 0 Å². The maximum absolute atomic E-state index is 12.7. The second-order valence-corrected chi connectivity index (χ2v) is 6.18. The Kier molecular flexibility index (Phi) is 4.34. The van der Waals surface area contributed by atoms with Crippen molar-refractivity contribution >= 4 is 11.7 Å². The lowest BCUT2D eigenvalue weighted by atomic mass is 10.2. The van der Waals surface area contributed by atoms with Gasteiger partial charge in [-0.25, -0.2) is 15.0 Å². The largest absolute Gasteiger partial charge is 0.353 e. The Morgan fingerprint density at radius 2 is 1.88 bits per heavy atom. The van der Waals surface area contributed by atoms with Crippen LogP contribution < -0.4 is 4.90 Å². The van der Waals surface area contributed by atoms with Crippen LogP contribution in [0.25, 0.3) is 5.82 Å². The van der Waals surface area contributed by atoms with Crippen molar-refractivity contribution in [3.05, 3.63) is 49.6 Å². The molecule has 3 aromatic rings. The molecule has 9 heteroatoms. The number of nitrogens with zero attached hydrogens (tertiary/aromatic N) is 8. The van der Waals surface area contributed by atoms with Crippen molar-refractivity contribution in [1.29, 1.82) is 0 Å². The van der Waals surface area contributed by atoms with Gasteiger partial charge in [-0.1, -0.05) is 0 Å². The summed E-state index contributed by atoms with van der Waals surface area (Å²) in [6, 6.07) is 3.48. The SMILES string of the molecule is CC(C(=O)N1CCN(c2cc(-n3ccnc3)ncn2)CC1)n1cccn1. The second-order valence-electron chi connectivity index (χ2n) is 6.18. The van der Waals surface area contributed by atoms with Crippen LogP contribution in [0.3, 0.4) is 0 Å². The summed E-state index contributed by atoms with van der Waals surface area (Å²) in [5.41, 5.74) is 0. The fourth-order valence-electron chi connectivity index (χ4n) is 3.09. The van der Waals surface area contributed by atoms with E-state index in [-0.39, 0.29) is 11.9 Å². The molecular weight excluding hydrogens is 332 g/mol. The standard InChI is InChI=1S/C17H20N8O/c1-14(25-5-2-3-21-25)17(26)23-9-7-22(8-10-23)15-11-16(20-12-19-15)24-6-4-18-13-24/h2-6,11-14H,7-10H2,1H3. The van der Waals surface area contributed by atoms with Crippen molar-refractivity contribution in [3.63, 3.8) is 0 Å². The molecule has 0 N–H and O–H groups in total. The molecule has 4 rings (SSSR count). The van der Waals surface area contributed by atoms with Gasteiger partial charge in [0, 0.05) is 57.0 Å². The molecule has 26 heavy (non-hydrogen) atoms. The number of aromatic nitrogens is 6. The summed E-state index contributed by atoms with van der Waals surface area (Å²) in [5, 5.41) is 4.16. The van der Waals surface area contributed by atoms with Crippen LogP contribution in [0.15, 0.2) is 49.6 Å². The van der Waals surface area contributed by atoms with E-state index in [1.807, 2.05) is 40.9 Å². The van der Waals surface area contributed by atoms with Gasteiger partial charge in [-0.05, 0) is 13.0 Å². The summed E-state index contributed by atoms with van der Waals surface area (Å²) in [7, 11) is 0. The van der Waals surface area contributed by atoms with Crippen LogP contribution in [0.2, 0.25) is 0 Å². The van der Waals surface area contributed by atoms with E-state index in [1.165, 1.54) is 0 Å². The first-order valence-corrected chi connectivity index (χ1v) is 8.55. The summed E-state index contributed by atoms with van der Waals surface area (Å²) < 4.78 is 3.53. The summed E-state index contributed by atoms with van der Waals surface area (Å²) in [6.07, 6.45) is 10.3. The van der Waals surface area contributed by atoms with Gasteiger partial charge in [0.25, 0.3) is 0 Å². The Morgan fingerprint density at radius 1 is 1.08 bits per heavy atom. The number of rotatable bonds is 4. The van der Waals surface area contributed by atoms with Gasteiger partial charge in [-0.15, -0.1) is 0 Å². The molecule has 1 unspecified atom stereocenters. The van der Waals surface area contributed by atoms with Crippen molar-refractivity contribution in [3.8, 4) is 5.82 Å². The lowest BCUT2D eigenvalue weighted by Crippen LogP contribution is -2.50. The molecule has 0 spiro atoms. The minimum absolute atomic E-state index is 0.0927. The van der Waals surface area contributed by atoms with E-state index in [0.717, 1.165) is 24.7 Å². The molecule has 0 bridgehead atoms. The van der Waals surface area contributed by atoms with Crippen molar-refractivity contribution < 1.29 is 4.79 Å². The van der Waals surface area contributed by atoms with Crippen LogP contribution in [0.5, 0.6) is 0 Å². The van der Waals surface area contributed by atoms with Crippen LogP contribution >= 0.6 is 0 Å². The molecule has 9 nitrogen and oxygen atoms in total. The molecule has 1 fully saturated rings. The van der Waals surface area contributed by atoms with Crippen LogP contribution in [0.1, 0.15) is 13.0 Å². The Hall–Kier alpha value is -3.23. The number of carbonyl (C=O) groups excluding carboxylic acids is 1. The molecule has 0 saturated carbocycles. The van der Waals surface area contributed by atoms with Crippen molar-refractivity contribution in [2.45, 2.75) is 13.0 Å². The molecule has 4 heterocycles. The van der Waals surface area contributed by atoms with Crippen LogP contribution in [-0.4, -0.2) is 66.3 Å². The van der Waals surface area contributed by atoms with E-state index in [1.54, 1.807) is 29.7 Å². The number of anilines is 1. The second kappa shape index (κ2) is 6.95. The quantitative estimate of drug-likeness (QED) is 0.689. The van der Waals surface area contributed by atoms with Crippen molar-refractivity contribution in [2.75, 3.05) is 31.1 Å². The first-order valence-electron chi connectivity index (χ1n) is 8.55. The number of imidazole rings is 1. The third-order valence-electron chi connectivity index (χ3n) is 4.60. The molecule has 0 aliphatic carbocycles. The monoisotopic (exact) mass is 352 g/mol. The van der Waals surface area contributed by atoms with Gasteiger partial charge in [0.2, 0.25) is 5.91 Å². The molecule has 134 valence electrons. The topological polar surface area (TPSA) is 85.0 Å². The maximum atomic E-state index is 12.7.